The average molecular weight is 766 g/mol. The third kappa shape index (κ3) is 39.3. The van der Waals surface area contributed by atoms with Crippen molar-refractivity contribution in [2.24, 2.45) is 0 Å². The zero-order chi connectivity index (χ0) is 38.6. The van der Waals surface area contributed by atoms with Gasteiger partial charge in [-0.25, -0.2) is 0 Å². The number of rotatable bonds is 40. The second kappa shape index (κ2) is 36.2. The van der Waals surface area contributed by atoms with Gasteiger partial charge in [-0.2, -0.15) is 0 Å². The summed E-state index contributed by atoms with van der Waals surface area (Å²) in [5.41, 5.74) is 0. The second-order valence-electron chi connectivity index (χ2n) is 18.1. The highest BCUT2D eigenvalue weighted by Crippen LogP contribution is 2.19. The van der Waals surface area contributed by atoms with Gasteiger partial charge in [0, 0.05) is 6.42 Å². The quantitative estimate of drug-likeness (QED) is 0.0292. The zero-order valence-corrected chi connectivity index (χ0v) is 38.9. The first-order valence-corrected chi connectivity index (χ1v) is 30.1. The molecule has 2 atom stereocenters. The molecule has 310 valence electrons. The van der Waals surface area contributed by atoms with Crippen molar-refractivity contribution in [3.63, 3.8) is 0 Å². The lowest BCUT2D eigenvalue weighted by Gasteiger charge is -2.35. The van der Waals surface area contributed by atoms with E-state index >= 15 is 0 Å². The second-order valence-corrected chi connectivity index (χ2v) is 27.1. The number of hydrogen-bond donors (Lipinski definition) is 1. The highest BCUT2D eigenvalue weighted by Gasteiger charge is 2.31. The summed E-state index contributed by atoms with van der Waals surface area (Å²) in [6, 6.07) is 0. The number of unbranched alkanes of at least 4 members (excludes halogenated alkanes) is 30. The molecule has 0 saturated heterocycles. The summed E-state index contributed by atoms with van der Waals surface area (Å²) in [4.78, 5) is 13.1. The smallest absolute Gasteiger partial charge is 0.222 e. The van der Waals surface area contributed by atoms with Crippen molar-refractivity contribution in [1.82, 2.24) is 5.32 Å². The molecular formula is C46H95NO3Si2. The molecule has 0 bridgehead atoms. The molecule has 2 unspecified atom stereocenters. The predicted octanol–water partition coefficient (Wildman–Crippen LogP) is 16.0. The van der Waals surface area contributed by atoms with Crippen LogP contribution >= 0.6 is 0 Å². The lowest BCUT2D eigenvalue weighted by Crippen LogP contribution is -2.52. The van der Waals surface area contributed by atoms with E-state index in [1.165, 1.54) is 186 Å². The van der Waals surface area contributed by atoms with E-state index in [1.54, 1.807) is 0 Å². The maximum Gasteiger partial charge on any atom is 0.222 e. The van der Waals surface area contributed by atoms with E-state index in [4.69, 9.17) is 8.85 Å². The van der Waals surface area contributed by atoms with Crippen LogP contribution in [0.3, 0.4) is 0 Å². The minimum absolute atomic E-state index is 0.105. The van der Waals surface area contributed by atoms with Gasteiger partial charge < -0.3 is 14.2 Å². The van der Waals surface area contributed by atoms with Crippen LogP contribution in [0.1, 0.15) is 226 Å². The van der Waals surface area contributed by atoms with Gasteiger partial charge in [-0.3, -0.25) is 4.79 Å². The van der Waals surface area contributed by atoms with Gasteiger partial charge in [0.1, 0.15) is 12.3 Å². The maximum atomic E-state index is 13.1. The average Bonchev–Trinajstić information content (AvgIpc) is 3.07. The van der Waals surface area contributed by atoms with Crippen molar-refractivity contribution in [3.8, 4) is 0 Å². The molecule has 0 aromatic heterocycles. The summed E-state index contributed by atoms with van der Waals surface area (Å²) in [6.07, 6.45) is 47.9. The Hall–Kier alpha value is -0.436. The molecule has 0 saturated carbocycles. The van der Waals surface area contributed by atoms with Crippen LogP contribution in [0.5, 0.6) is 0 Å². The standard InChI is InChI=1S/C46H95NO3Si2/c1-9-11-13-15-17-19-21-23-24-25-26-27-28-29-31-33-35-37-39-41-43-45(48)47-46(50-52(6,7)8)44(49-51(3,4)5)42-40-38-36-34-32-30-22-20-18-16-14-12-10-2/h40,42,44,46H,9-39,41,43H2,1-8H3,(H,47,48)/b42-40+. The van der Waals surface area contributed by atoms with Crippen molar-refractivity contribution >= 4 is 22.5 Å². The van der Waals surface area contributed by atoms with Crippen LogP contribution in [0.4, 0.5) is 0 Å². The van der Waals surface area contributed by atoms with E-state index < -0.39 is 22.9 Å². The maximum absolute atomic E-state index is 13.1. The van der Waals surface area contributed by atoms with E-state index in [0.29, 0.717) is 6.42 Å². The molecule has 0 radical (unpaired) electrons. The monoisotopic (exact) mass is 766 g/mol. The zero-order valence-electron chi connectivity index (χ0n) is 36.9. The number of amides is 1. The molecule has 0 spiro atoms. The van der Waals surface area contributed by atoms with Crippen molar-refractivity contribution in [2.75, 3.05) is 0 Å². The minimum Gasteiger partial charge on any atom is -0.407 e. The topological polar surface area (TPSA) is 47.6 Å². The van der Waals surface area contributed by atoms with Gasteiger partial charge in [0.2, 0.25) is 5.91 Å². The Balaban J connectivity index is 4.23. The third-order valence-corrected chi connectivity index (χ3v) is 12.1. The van der Waals surface area contributed by atoms with Crippen LogP contribution < -0.4 is 5.32 Å². The number of hydrogen-bond acceptors (Lipinski definition) is 3. The molecular weight excluding hydrogens is 671 g/mol. The van der Waals surface area contributed by atoms with Crippen molar-refractivity contribution in [3.05, 3.63) is 12.2 Å². The van der Waals surface area contributed by atoms with E-state index in [0.717, 1.165) is 19.3 Å². The lowest BCUT2D eigenvalue weighted by molar-refractivity contribution is -0.125. The summed E-state index contributed by atoms with van der Waals surface area (Å²) < 4.78 is 13.2. The molecule has 52 heavy (non-hydrogen) atoms. The Morgan fingerprint density at radius 2 is 0.769 bits per heavy atom. The van der Waals surface area contributed by atoms with Crippen LogP contribution in [0, 0.1) is 0 Å². The fraction of sp³-hybridized carbons (Fsp3) is 0.935. The summed E-state index contributed by atoms with van der Waals surface area (Å²) >= 11 is 0. The molecule has 0 aliphatic carbocycles. The number of carbonyl (C=O) groups is 1. The largest absolute Gasteiger partial charge is 0.407 e. The van der Waals surface area contributed by atoms with Gasteiger partial charge in [-0.15, -0.1) is 0 Å². The molecule has 1 N–H and O–H groups in total. The van der Waals surface area contributed by atoms with Crippen LogP contribution in [0.2, 0.25) is 39.3 Å². The Kier molecular flexibility index (Phi) is 35.9. The fourth-order valence-corrected chi connectivity index (χ4v) is 9.07. The van der Waals surface area contributed by atoms with Crippen molar-refractivity contribution in [2.45, 2.75) is 277 Å². The van der Waals surface area contributed by atoms with Gasteiger partial charge in [0.25, 0.3) is 0 Å². The van der Waals surface area contributed by atoms with Gasteiger partial charge in [-0.1, -0.05) is 212 Å². The van der Waals surface area contributed by atoms with Crippen LogP contribution in [-0.4, -0.2) is 34.9 Å². The molecule has 0 rings (SSSR count). The first-order chi connectivity index (χ1) is 25.0. The summed E-state index contributed by atoms with van der Waals surface area (Å²) in [7, 11) is -3.76. The normalized spacial score (nSPS) is 13.6. The van der Waals surface area contributed by atoms with E-state index in [-0.39, 0.29) is 12.0 Å². The highest BCUT2D eigenvalue weighted by atomic mass is 28.4. The number of carbonyl (C=O) groups excluding carboxylic acids is 1. The summed E-state index contributed by atoms with van der Waals surface area (Å²) in [5, 5.41) is 3.27. The molecule has 0 heterocycles. The van der Waals surface area contributed by atoms with Crippen LogP contribution in [0.15, 0.2) is 12.2 Å². The van der Waals surface area contributed by atoms with E-state index in [1.807, 2.05) is 0 Å². The number of allylic oxidation sites excluding steroid dienone is 1. The van der Waals surface area contributed by atoms with Crippen molar-refractivity contribution < 1.29 is 13.6 Å². The summed E-state index contributed by atoms with van der Waals surface area (Å²) in [5.74, 6) is 0.105. The van der Waals surface area contributed by atoms with E-state index in [2.05, 4.69) is 70.6 Å². The molecule has 0 aromatic carbocycles. The Morgan fingerprint density at radius 3 is 1.10 bits per heavy atom. The highest BCUT2D eigenvalue weighted by molar-refractivity contribution is 6.70. The van der Waals surface area contributed by atoms with Gasteiger partial charge in [-0.05, 0) is 58.5 Å². The molecule has 0 aliphatic rings. The molecule has 0 fully saturated rings. The van der Waals surface area contributed by atoms with E-state index in [9.17, 15) is 4.79 Å². The predicted molar refractivity (Wildman–Crippen MR) is 237 cm³/mol. The van der Waals surface area contributed by atoms with Crippen molar-refractivity contribution in [1.29, 1.82) is 0 Å². The first-order valence-electron chi connectivity index (χ1n) is 23.3. The Bertz CT molecular complexity index is 791. The lowest BCUT2D eigenvalue weighted by atomic mass is 10.0. The number of nitrogens with one attached hydrogen (secondary N) is 1. The SMILES string of the molecule is CCCCCCCCCCCCC/C=C/C(O[Si](C)(C)C)C(NC(=O)CCCCCCCCCCCCCCCCCCCCCC)O[Si](C)(C)C. The molecule has 0 aromatic rings. The Morgan fingerprint density at radius 1 is 0.462 bits per heavy atom. The van der Waals surface area contributed by atoms with Crippen LogP contribution in [-0.2, 0) is 13.6 Å². The molecule has 0 aliphatic heterocycles. The Labute approximate surface area is 329 Å². The first kappa shape index (κ1) is 51.6. The van der Waals surface area contributed by atoms with Gasteiger partial charge >= 0.3 is 0 Å². The van der Waals surface area contributed by atoms with Crippen LogP contribution in [0.25, 0.3) is 0 Å². The van der Waals surface area contributed by atoms with Gasteiger partial charge in [0.15, 0.2) is 16.6 Å². The summed E-state index contributed by atoms with van der Waals surface area (Å²) in [6.45, 7) is 17.9. The fourth-order valence-electron chi connectivity index (χ4n) is 7.10. The molecule has 6 heteroatoms. The molecule has 4 nitrogen and oxygen atoms in total. The third-order valence-electron chi connectivity index (χ3n) is 10.1. The minimum atomic E-state index is -1.91. The van der Waals surface area contributed by atoms with Gasteiger partial charge in [0.05, 0.1) is 0 Å². The molecule has 1 amide bonds.